The summed E-state index contributed by atoms with van der Waals surface area (Å²) in [5.41, 5.74) is 3.09. The molecule has 5 nitrogen and oxygen atoms in total. The van der Waals surface area contributed by atoms with E-state index in [0.717, 1.165) is 29.9 Å². The van der Waals surface area contributed by atoms with E-state index in [4.69, 9.17) is 0 Å². The van der Waals surface area contributed by atoms with Crippen LogP contribution in [-0.4, -0.2) is 20.3 Å². The number of hydrogen-bond donors (Lipinski definition) is 1. The highest BCUT2D eigenvalue weighted by Gasteiger charge is 2.18. The van der Waals surface area contributed by atoms with E-state index in [1.807, 2.05) is 47.0 Å². The number of amides is 1. The molecule has 0 saturated heterocycles. The van der Waals surface area contributed by atoms with Crippen molar-refractivity contribution in [1.29, 1.82) is 0 Å². The number of aryl methyl sites for hydroxylation is 1. The van der Waals surface area contributed by atoms with E-state index < -0.39 is 0 Å². The van der Waals surface area contributed by atoms with Gasteiger partial charge in [0, 0.05) is 12.4 Å². The van der Waals surface area contributed by atoms with Gasteiger partial charge in [0.25, 0.3) is 5.91 Å². The lowest BCUT2D eigenvalue weighted by Crippen LogP contribution is -2.25. The zero-order valence-electron chi connectivity index (χ0n) is 12.5. The highest BCUT2D eigenvalue weighted by Crippen LogP contribution is 2.14. The first-order valence-electron chi connectivity index (χ1n) is 7.43. The molecule has 3 aromatic heterocycles. The van der Waals surface area contributed by atoms with Crippen LogP contribution in [0.2, 0.25) is 0 Å². The molecule has 0 fully saturated rings. The molecule has 0 aromatic carbocycles. The number of nitrogens with one attached hydrogen (secondary N) is 1. The molecule has 0 radical (unpaired) electrons. The van der Waals surface area contributed by atoms with Gasteiger partial charge in [-0.15, -0.1) is 0 Å². The van der Waals surface area contributed by atoms with Gasteiger partial charge in [0.1, 0.15) is 11.3 Å². The van der Waals surface area contributed by atoms with Gasteiger partial charge in [0.15, 0.2) is 0 Å². The predicted molar refractivity (Wildman–Crippen MR) is 84.6 cm³/mol. The highest BCUT2D eigenvalue weighted by molar-refractivity contribution is 5.94. The van der Waals surface area contributed by atoms with E-state index in [-0.39, 0.29) is 5.91 Å². The van der Waals surface area contributed by atoms with Crippen LogP contribution in [0.5, 0.6) is 0 Å². The average Bonchev–Trinajstić information content (AvgIpc) is 2.92. The minimum Gasteiger partial charge on any atom is -0.345 e. The monoisotopic (exact) mass is 294 g/mol. The Bertz CT molecular complexity index is 780. The van der Waals surface area contributed by atoms with E-state index in [9.17, 15) is 4.79 Å². The van der Waals surface area contributed by atoms with Gasteiger partial charge in [-0.25, -0.2) is 4.98 Å². The quantitative estimate of drug-likeness (QED) is 0.787. The molecule has 1 N–H and O–H groups in total. The molecule has 22 heavy (non-hydrogen) atoms. The summed E-state index contributed by atoms with van der Waals surface area (Å²) in [5.74, 6) is -0.118. The van der Waals surface area contributed by atoms with Crippen LogP contribution in [0.1, 0.15) is 35.2 Å². The zero-order chi connectivity index (χ0) is 15.4. The molecule has 0 aliphatic heterocycles. The largest absolute Gasteiger partial charge is 0.345 e. The van der Waals surface area contributed by atoms with Crippen molar-refractivity contribution < 1.29 is 4.79 Å². The van der Waals surface area contributed by atoms with Crippen LogP contribution in [-0.2, 0) is 13.0 Å². The molecular formula is C17H18N4O. The van der Waals surface area contributed by atoms with Gasteiger partial charge >= 0.3 is 0 Å². The average molecular weight is 294 g/mol. The summed E-state index contributed by atoms with van der Waals surface area (Å²) in [6.07, 6.45) is 5.33. The van der Waals surface area contributed by atoms with Crippen LogP contribution < -0.4 is 5.32 Å². The summed E-state index contributed by atoms with van der Waals surface area (Å²) < 4.78 is 1.85. The van der Waals surface area contributed by atoms with E-state index in [1.165, 1.54) is 0 Å². The number of aromatic nitrogens is 3. The van der Waals surface area contributed by atoms with E-state index >= 15 is 0 Å². The number of carbonyl (C=O) groups excluding carboxylic acids is 1. The molecule has 0 bridgehead atoms. The van der Waals surface area contributed by atoms with Crippen molar-refractivity contribution in [3.05, 3.63) is 65.9 Å². The number of rotatable bonds is 5. The number of pyridine rings is 2. The lowest BCUT2D eigenvalue weighted by molar-refractivity contribution is 0.0943. The second-order valence-corrected chi connectivity index (χ2v) is 5.09. The molecule has 5 heteroatoms. The number of carbonyl (C=O) groups is 1. The van der Waals surface area contributed by atoms with E-state index in [0.29, 0.717) is 12.2 Å². The standard InChI is InChI=1S/C17H18N4O/c1-2-7-14-16(21-11-6-4-9-15(21)20-14)17(22)19-12-13-8-3-5-10-18-13/h3-6,8-11H,2,7,12H2,1H3,(H,19,22). The Morgan fingerprint density at radius 1 is 1.23 bits per heavy atom. The zero-order valence-corrected chi connectivity index (χ0v) is 12.5. The summed E-state index contributed by atoms with van der Waals surface area (Å²) in [5, 5.41) is 2.93. The van der Waals surface area contributed by atoms with Crippen LogP contribution in [0.4, 0.5) is 0 Å². The highest BCUT2D eigenvalue weighted by atomic mass is 16.1. The molecule has 0 unspecified atom stereocenters. The van der Waals surface area contributed by atoms with Crippen LogP contribution in [0.25, 0.3) is 5.65 Å². The van der Waals surface area contributed by atoms with Crippen molar-refractivity contribution in [3.8, 4) is 0 Å². The van der Waals surface area contributed by atoms with Crippen LogP contribution in [0, 0.1) is 0 Å². The normalized spacial score (nSPS) is 10.8. The first-order chi connectivity index (χ1) is 10.8. The minimum atomic E-state index is -0.118. The maximum Gasteiger partial charge on any atom is 0.270 e. The fourth-order valence-corrected chi connectivity index (χ4v) is 2.45. The molecule has 0 aliphatic rings. The third-order valence-electron chi connectivity index (χ3n) is 3.46. The summed E-state index contributed by atoms with van der Waals surface area (Å²) in [6, 6.07) is 11.4. The van der Waals surface area contributed by atoms with Crippen LogP contribution >= 0.6 is 0 Å². The molecule has 112 valence electrons. The smallest absolute Gasteiger partial charge is 0.270 e. The van der Waals surface area contributed by atoms with Gasteiger partial charge in [-0.05, 0) is 30.7 Å². The van der Waals surface area contributed by atoms with Gasteiger partial charge in [0.2, 0.25) is 0 Å². The van der Waals surface area contributed by atoms with Crippen molar-refractivity contribution in [3.63, 3.8) is 0 Å². The Balaban J connectivity index is 1.87. The van der Waals surface area contributed by atoms with Crippen LogP contribution in [0.3, 0.4) is 0 Å². The third-order valence-corrected chi connectivity index (χ3v) is 3.46. The SMILES string of the molecule is CCCc1nc2ccccn2c1C(=O)NCc1ccccn1. The molecule has 0 spiro atoms. The second kappa shape index (κ2) is 6.39. The summed E-state index contributed by atoms with van der Waals surface area (Å²) in [7, 11) is 0. The summed E-state index contributed by atoms with van der Waals surface area (Å²) in [4.78, 5) is 21.4. The van der Waals surface area contributed by atoms with Crippen molar-refractivity contribution >= 4 is 11.6 Å². The molecule has 1 amide bonds. The summed E-state index contributed by atoms with van der Waals surface area (Å²) in [6.45, 7) is 2.49. The molecule has 0 atom stereocenters. The predicted octanol–water partition coefficient (Wildman–Crippen LogP) is 2.61. The third kappa shape index (κ3) is 2.83. The van der Waals surface area contributed by atoms with Crippen molar-refractivity contribution in [1.82, 2.24) is 19.7 Å². The fourth-order valence-electron chi connectivity index (χ4n) is 2.45. The maximum absolute atomic E-state index is 12.6. The molecule has 3 rings (SSSR count). The maximum atomic E-state index is 12.6. The number of fused-ring (bicyclic) bond motifs is 1. The topological polar surface area (TPSA) is 59.3 Å². The molecule has 3 aromatic rings. The molecular weight excluding hydrogens is 276 g/mol. The van der Waals surface area contributed by atoms with Gasteiger partial charge in [-0.3, -0.25) is 14.2 Å². The van der Waals surface area contributed by atoms with Crippen molar-refractivity contribution in [2.75, 3.05) is 0 Å². The summed E-state index contributed by atoms with van der Waals surface area (Å²) >= 11 is 0. The van der Waals surface area contributed by atoms with E-state index in [1.54, 1.807) is 6.20 Å². The Morgan fingerprint density at radius 3 is 2.86 bits per heavy atom. The van der Waals surface area contributed by atoms with Gasteiger partial charge in [-0.1, -0.05) is 25.5 Å². The number of nitrogens with zero attached hydrogens (tertiary/aromatic N) is 3. The Hall–Kier alpha value is -2.69. The van der Waals surface area contributed by atoms with Crippen molar-refractivity contribution in [2.24, 2.45) is 0 Å². The molecule has 0 saturated carbocycles. The Kier molecular flexibility index (Phi) is 4.14. The number of imidazole rings is 1. The second-order valence-electron chi connectivity index (χ2n) is 5.09. The lowest BCUT2D eigenvalue weighted by atomic mass is 10.2. The van der Waals surface area contributed by atoms with E-state index in [2.05, 4.69) is 22.2 Å². The first-order valence-corrected chi connectivity index (χ1v) is 7.43. The van der Waals surface area contributed by atoms with Gasteiger partial charge < -0.3 is 5.32 Å². The Labute approximate surface area is 129 Å². The van der Waals surface area contributed by atoms with Gasteiger partial charge in [-0.2, -0.15) is 0 Å². The van der Waals surface area contributed by atoms with Gasteiger partial charge in [0.05, 0.1) is 17.9 Å². The Morgan fingerprint density at radius 2 is 2.09 bits per heavy atom. The van der Waals surface area contributed by atoms with Crippen LogP contribution in [0.15, 0.2) is 48.8 Å². The molecule has 0 aliphatic carbocycles. The lowest BCUT2D eigenvalue weighted by Gasteiger charge is -2.06. The first kappa shape index (κ1) is 14.3. The van der Waals surface area contributed by atoms with Crippen molar-refractivity contribution in [2.45, 2.75) is 26.3 Å². The minimum absolute atomic E-state index is 0.118. The molecule has 3 heterocycles. The number of hydrogen-bond acceptors (Lipinski definition) is 3. The fraction of sp³-hybridized carbons (Fsp3) is 0.235.